The van der Waals surface area contributed by atoms with Crippen molar-refractivity contribution in [2.24, 2.45) is 0 Å². The summed E-state index contributed by atoms with van der Waals surface area (Å²) >= 11 is 0. The van der Waals surface area contributed by atoms with Crippen molar-refractivity contribution in [2.75, 3.05) is 0 Å². The molecule has 1 amide bonds. The van der Waals surface area contributed by atoms with Crippen LogP contribution in [0.3, 0.4) is 0 Å². The number of aryl methyl sites for hydroxylation is 1. The predicted octanol–water partition coefficient (Wildman–Crippen LogP) is 2.65. The quantitative estimate of drug-likeness (QED) is 0.724. The first-order chi connectivity index (χ1) is 12.9. The average molecular weight is 366 g/mol. The summed E-state index contributed by atoms with van der Waals surface area (Å²) in [4.78, 5) is 29.0. The Labute approximate surface area is 157 Å². The van der Waals surface area contributed by atoms with Crippen LogP contribution in [0.15, 0.2) is 51.8 Å². The van der Waals surface area contributed by atoms with Crippen LogP contribution in [-0.2, 0) is 17.9 Å². The highest BCUT2D eigenvalue weighted by atomic mass is 16.5. The molecule has 27 heavy (non-hydrogen) atoms. The molecule has 3 aromatic rings. The minimum Gasteiger partial charge on any atom is -0.350 e. The van der Waals surface area contributed by atoms with Crippen LogP contribution in [0, 0.1) is 6.92 Å². The van der Waals surface area contributed by atoms with E-state index < -0.39 is 0 Å². The van der Waals surface area contributed by atoms with Crippen molar-refractivity contribution in [1.82, 2.24) is 20.0 Å². The molecule has 0 saturated carbocycles. The molecule has 0 fully saturated rings. The van der Waals surface area contributed by atoms with Gasteiger partial charge in [0.25, 0.3) is 11.4 Å². The van der Waals surface area contributed by atoms with Gasteiger partial charge in [0.15, 0.2) is 5.82 Å². The fraction of sp³-hybridized carbons (Fsp3) is 0.300. The highest BCUT2D eigenvalue weighted by Gasteiger charge is 2.17. The lowest BCUT2D eigenvalue weighted by atomic mass is 10.1. The van der Waals surface area contributed by atoms with E-state index in [2.05, 4.69) is 15.5 Å². The number of amides is 1. The molecular weight excluding hydrogens is 344 g/mol. The normalized spacial score (nSPS) is 11.0. The number of hydrogen-bond donors (Lipinski definition) is 1. The van der Waals surface area contributed by atoms with Crippen LogP contribution in [0.25, 0.3) is 11.6 Å². The van der Waals surface area contributed by atoms with E-state index in [0.717, 1.165) is 11.1 Å². The van der Waals surface area contributed by atoms with Crippen molar-refractivity contribution in [1.29, 1.82) is 0 Å². The van der Waals surface area contributed by atoms with Crippen molar-refractivity contribution in [3.05, 3.63) is 69.8 Å². The van der Waals surface area contributed by atoms with Gasteiger partial charge in [-0.25, -0.2) is 0 Å². The summed E-state index contributed by atoms with van der Waals surface area (Å²) in [5.74, 6) is 0.609. The highest BCUT2D eigenvalue weighted by molar-refractivity contribution is 5.76. The van der Waals surface area contributed by atoms with E-state index in [1.54, 1.807) is 12.1 Å². The van der Waals surface area contributed by atoms with Crippen molar-refractivity contribution < 1.29 is 9.32 Å². The number of benzene rings is 1. The van der Waals surface area contributed by atoms with Gasteiger partial charge in [-0.3, -0.25) is 14.2 Å². The molecule has 140 valence electrons. The van der Waals surface area contributed by atoms with E-state index in [1.807, 2.05) is 45.0 Å². The maximum absolute atomic E-state index is 12.4. The molecule has 3 rings (SSSR count). The molecule has 0 spiro atoms. The summed E-state index contributed by atoms with van der Waals surface area (Å²) < 4.78 is 6.61. The van der Waals surface area contributed by atoms with E-state index in [1.165, 1.54) is 10.6 Å². The number of aromatic nitrogens is 3. The number of nitrogens with one attached hydrogen (secondary N) is 1. The number of nitrogens with zero attached hydrogens (tertiary/aromatic N) is 3. The van der Waals surface area contributed by atoms with Crippen LogP contribution >= 0.6 is 0 Å². The van der Waals surface area contributed by atoms with Crippen LogP contribution in [-0.4, -0.2) is 20.6 Å². The summed E-state index contributed by atoms with van der Waals surface area (Å²) in [5, 5.41) is 6.75. The van der Waals surface area contributed by atoms with Crippen LogP contribution in [0.5, 0.6) is 0 Å². The van der Waals surface area contributed by atoms with Gasteiger partial charge in [-0.05, 0) is 18.6 Å². The zero-order valence-corrected chi connectivity index (χ0v) is 15.6. The van der Waals surface area contributed by atoms with Gasteiger partial charge in [0.2, 0.25) is 5.91 Å². The zero-order chi connectivity index (χ0) is 19.4. The number of carbonyl (C=O) groups is 1. The first-order valence-corrected chi connectivity index (χ1v) is 8.80. The summed E-state index contributed by atoms with van der Waals surface area (Å²) in [5.41, 5.74) is 2.27. The lowest BCUT2D eigenvalue weighted by Crippen LogP contribution is -2.32. The molecule has 7 nitrogen and oxygen atoms in total. The minimum absolute atomic E-state index is 0.101. The van der Waals surface area contributed by atoms with Gasteiger partial charge < -0.3 is 9.84 Å². The second-order valence-corrected chi connectivity index (χ2v) is 6.71. The Kier molecular flexibility index (Phi) is 5.49. The Morgan fingerprint density at radius 3 is 2.59 bits per heavy atom. The smallest absolute Gasteiger partial charge is 0.274 e. The third-order valence-electron chi connectivity index (χ3n) is 4.14. The Balaban J connectivity index is 1.76. The molecule has 1 N–H and O–H groups in total. The molecular formula is C20H22N4O3. The summed E-state index contributed by atoms with van der Waals surface area (Å²) in [6.45, 7) is 6.18. The molecule has 0 atom stereocenters. The topological polar surface area (TPSA) is 90.0 Å². The maximum Gasteiger partial charge on any atom is 0.274 e. The van der Waals surface area contributed by atoms with Crippen LogP contribution in [0.1, 0.15) is 36.7 Å². The molecule has 2 heterocycles. The molecule has 0 bridgehead atoms. The van der Waals surface area contributed by atoms with Gasteiger partial charge >= 0.3 is 0 Å². The van der Waals surface area contributed by atoms with Crippen molar-refractivity contribution >= 4 is 5.91 Å². The third kappa shape index (κ3) is 4.49. The maximum atomic E-state index is 12.4. The first-order valence-electron chi connectivity index (χ1n) is 8.80. The molecule has 0 saturated heterocycles. The van der Waals surface area contributed by atoms with E-state index in [0.29, 0.717) is 18.1 Å². The van der Waals surface area contributed by atoms with Crippen molar-refractivity contribution in [2.45, 2.75) is 39.8 Å². The van der Waals surface area contributed by atoms with E-state index in [4.69, 9.17) is 4.52 Å². The van der Waals surface area contributed by atoms with E-state index in [9.17, 15) is 9.59 Å². The fourth-order valence-corrected chi connectivity index (χ4v) is 2.55. The second kappa shape index (κ2) is 7.99. The zero-order valence-electron chi connectivity index (χ0n) is 15.6. The molecule has 0 aliphatic carbocycles. The van der Waals surface area contributed by atoms with Gasteiger partial charge in [-0.15, -0.1) is 0 Å². The molecule has 0 aliphatic rings. The molecule has 1 aromatic carbocycles. The monoisotopic (exact) mass is 366 g/mol. The van der Waals surface area contributed by atoms with Crippen molar-refractivity contribution in [3.63, 3.8) is 0 Å². The van der Waals surface area contributed by atoms with E-state index >= 15 is 0 Å². The highest BCUT2D eigenvalue weighted by Crippen LogP contribution is 2.18. The Morgan fingerprint density at radius 1 is 1.19 bits per heavy atom. The standard InChI is InChI=1S/C20H22N4O3/c1-13(2)19-22-20(27-23-19)16-5-4-6-18(26)24(16)12-17(25)21-11-15-9-7-14(3)8-10-15/h4-10,13H,11-12H2,1-3H3,(H,21,25). The van der Waals surface area contributed by atoms with Crippen LogP contribution in [0.2, 0.25) is 0 Å². The number of pyridine rings is 1. The van der Waals surface area contributed by atoms with Gasteiger partial charge in [0, 0.05) is 18.5 Å². The summed E-state index contributed by atoms with van der Waals surface area (Å²) in [7, 11) is 0. The lowest BCUT2D eigenvalue weighted by Gasteiger charge is -2.10. The predicted molar refractivity (Wildman–Crippen MR) is 101 cm³/mol. The number of carbonyl (C=O) groups excluding carboxylic acids is 1. The molecule has 0 radical (unpaired) electrons. The largest absolute Gasteiger partial charge is 0.350 e. The molecule has 0 unspecified atom stereocenters. The minimum atomic E-state index is -0.303. The molecule has 7 heteroatoms. The summed E-state index contributed by atoms with van der Waals surface area (Å²) in [6.07, 6.45) is 0. The second-order valence-electron chi connectivity index (χ2n) is 6.71. The van der Waals surface area contributed by atoms with Crippen LogP contribution < -0.4 is 10.9 Å². The third-order valence-corrected chi connectivity index (χ3v) is 4.14. The number of rotatable bonds is 6. The lowest BCUT2D eigenvalue weighted by molar-refractivity contribution is -0.121. The van der Waals surface area contributed by atoms with Gasteiger partial charge in [0.05, 0.1) is 0 Å². The SMILES string of the molecule is Cc1ccc(CNC(=O)Cn2c(-c3nc(C(C)C)no3)cccc2=O)cc1. The van der Waals surface area contributed by atoms with Gasteiger partial charge in [0.1, 0.15) is 12.2 Å². The Morgan fingerprint density at radius 2 is 1.93 bits per heavy atom. The fourth-order valence-electron chi connectivity index (χ4n) is 2.55. The van der Waals surface area contributed by atoms with E-state index in [-0.39, 0.29) is 29.8 Å². The van der Waals surface area contributed by atoms with Gasteiger partial charge in [-0.1, -0.05) is 54.9 Å². The van der Waals surface area contributed by atoms with Gasteiger partial charge in [-0.2, -0.15) is 4.98 Å². The number of hydrogen-bond acceptors (Lipinski definition) is 5. The molecule has 0 aliphatic heterocycles. The first kappa shape index (κ1) is 18.6. The Bertz CT molecular complexity index is 987. The molecule has 2 aromatic heterocycles. The Hall–Kier alpha value is -3.22. The average Bonchev–Trinajstić information content (AvgIpc) is 3.13. The summed E-state index contributed by atoms with van der Waals surface area (Å²) in [6, 6.07) is 12.6. The van der Waals surface area contributed by atoms with Crippen molar-refractivity contribution in [3.8, 4) is 11.6 Å². The van der Waals surface area contributed by atoms with Crippen LogP contribution in [0.4, 0.5) is 0 Å².